The molecule has 1 saturated carbocycles. The summed E-state index contributed by atoms with van der Waals surface area (Å²) in [6.07, 6.45) is 3.25. The summed E-state index contributed by atoms with van der Waals surface area (Å²) in [4.78, 5) is 10.9. The zero-order chi connectivity index (χ0) is 14.5. The number of aromatic carboxylic acids is 1. The maximum Gasteiger partial charge on any atom is 0.337 e. The van der Waals surface area contributed by atoms with Gasteiger partial charge in [-0.15, -0.1) is 0 Å². The molecule has 0 saturated heterocycles. The minimum absolute atomic E-state index is 0.0756. The number of carboxylic acids is 1. The van der Waals surface area contributed by atoms with Crippen molar-refractivity contribution >= 4 is 17.3 Å². The van der Waals surface area contributed by atoms with E-state index in [1.54, 1.807) is 0 Å². The Morgan fingerprint density at radius 3 is 2.90 bits per heavy atom. The summed E-state index contributed by atoms with van der Waals surface area (Å²) in [6, 6.07) is 2.24. The molecule has 0 heterocycles. The van der Waals surface area contributed by atoms with Gasteiger partial charge in [-0.3, -0.25) is 0 Å². The first-order chi connectivity index (χ1) is 9.58. The molecule has 0 bridgehead atoms. The molecule has 1 aliphatic carbocycles. The van der Waals surface area contributed by atoms with Gasteiger partial charge in [0.1, 0.15) is 5.82 Å². The number of hydrogen-bond donors (Lipinski definition) is 3. The SMILES string of the molecule is Nc1cc(F)c(NCCCOCC2CC2)cc1C(=O)O. The van der Waals surface area contributed by atoms with Crippen LogP contribution in [0, 0.1) is 11.7 Å². The van der Waals surface area contributed by atoms with Gasteiger partial charge in [-0.1, -0.05) is 0 Å². The van der Waals surface area contributed by atoms with E-state index in [1.807, 2.05) is 0 Å². The third kappa shape index (κ3) is 4.09. The summed E-state index contributed by atoms with van der Waals surface area (Å²) in [6.45, 7) is 1.94. The van der Waals surface area contributed by atoms with Crippen molar-refractivity contribution in [3.05, 3.63) is 23.5 Å². The van der Waals surface area contributed by atoms with Crippen LogP contribution < -0.4 is 11.1 Å². The molecule has 1 fully saturated rings. The van der Waals surface area contributed by atoms with E-state index in [2.05, 4.69) is 5.32 Å². The Bertz CT molecular complexity index is 490. The monoisotopic (exact) mass is 282 g/mol. The zero-order valence-electron chi connectivity index (χ0n) is 11.2. The van der Waals surface area contributed by atoms with Crippen LogP contribution in [-0.2, 0) is 4.74 Å². The topological polar surface area (TPSA) is 84.6 Å². The number of nitrogens with one attached hydrogen (secondary N) is 1. The van der Waals surface area contributed by atoms with Crippen LogP contribution in [0.3, 0.4) is 0 Å². The molecule has 5 nitrogen and oxygen atoms in total. The van der Waals surface area contributed by atoms with Crippen LogP contribution in [0.5, 0.6) is 0 Å². The average Bonchev–Trinajstić information content (AvgIpc) is 3.19. The van der Waals surface area contributed by atoms with Gasteiger partial charge in [0, 0.05) is 25.4 Å². The standard InChI is InChI=1S/C14H19FN2O3/c15-11-7-12(16)10(14(18)19)6-13(11)17-4-1-5-20-8-9-2-3-9/h6-7,9,17H,1-5,8,16H2,(H,18,19). The Kier molecular flexibility index (Phi) is 4.79. The molecule has 1 aromatic rings. The average molecular weight is 282 g/mol. The van der Waals surface area contributed by atoms with E-state index < -0.39 is 11.8 Å². The molecule has 0 atom stereocenters. The lowest BCUT2D eigenvalue weighted by Crippen LogP contribution is -2.10. The summed E-state index contributed by atoms with van der Waals surface area (Å²) in [5.41, 5.74) is 5.43. The van der Waals surface area contributed by atoms with E-state index in [4.69, 9.17) is 15.6 Å². The summed E-state index contributed by atoms with van der Waals surface area (Å²) in [7, 11) is 0. The highest BCUT2D eigenvalue weighted by atomic mass is 19.1. The summed E-state index contributed by atoms with van der Waals surface area (Å²) in [5.74, 6) is -0.986. The number of anilines is 2. The van der Waals surface area contributed by atoms with Gasteiger partial charge in [0.2, 0.25) is 0 Å². The molecule has 0 unspecified atom stereocenters. The van der Waals surface area contributed by atoms with E-state index in [-0.39, 0.29) is 16.9 Å². The van der Waals surface area contributed by atoms with Crippen LogP contribution in [0.15, 0.2) is 12.1 Å². The zero-order valence-corrected chi connectivity index (χ0v) is 11.2. The van der Waals surface area contributed by atoms with Crippen molar-refractivity contribution in [3.63, 3.8) is 0 Å². The van der Waals surface area contributed by atoms with Crippen LogP contribution in [0.25, 0.3) is 0 Å². The Morgan fingerprint density at radius 2 is 2.25 bits per heavy atom. The molecule has 0 spiro atoms. The second kappa shape index (κ2) is 6.56. The van der Waals surface area contributed by atoms with E-state index in [9.17, 15) is 9.18 Å². The van der Waals surface area contributed by atoms with E-state index in [1.165, 1.54) is 18.9 Å². The Balaban J connectivity index is 1.78. The van der Waals surface area contributed by atoms with Gasteiger partial charge in [0.15, 0.2) is 0 Å². The van der Waals surface area contributed by atoms with Gasteiger partial charge >= 0.3 is 5.97 Å². The second-order valence-electron chi connectivity index (χ2n) is 5.02. The quantitative estimate of drug-likeness (QED) is 0.503. The fraction of sp³-hybridized carbons (Fsp3) is 0.500. The number of halogens is 1. The predicted molar refractivity (Wildman–Crippen MR) is 74.4 cm³/mol. The molecule has 0 aliphatic heterocycles. The molecule has 4 N–H and O–H groups in total. The van der Waals surface area contributed by atoms with Crippen LogP contribution >= 0.6 is 0 Å². The minimum Gasteiger partial charge on any atom is -0.478 e. The molecule has 0 radical (unpaired) electrons. The lowest BCUT2D eigenvalue weighted by atomic mass is 10.1. The molecule has 6 heteroatoms. The molecule has 20 heavy (non-hydrogen) atoms. The molecule has 0 amide bonds. The van der Waals surface area contributed by atoms with Crippen LogP contribution in [0.4, 0.5) is 15.8 Å². The van der Waals surface area contributed by atoms with Crippen LogP contribution in [-0.4, -0.2) is 30.8 Å². The molecule has 2 rings (SSSR count). The number of benzene rings is 1. The Morgan fingerprint density at radius 1 is 1.50 bits per heavy atom. The maximum absolute atomic E-state index is 13.6. The number of ether oxygens (including phenoxy) is 1. The fourth-order valence-electron chi connectivity index (χ4n) is 1.84. The number of carbonyl (C=O) groups is 1. The third-order valence-corrected chi connectivity index (χ3v) is 3.20. The van der Waals surface area contributed by atoms with Gasteiger partial charge in [-0.05, 0) is 37.3 Å². The highest BCUT2D eigenvalue weighted by Crippen LogP contribution is 2.28. The number of nitrogen functional groups attached to an aromatic ring is 1. The molecule has 1 aromatic carbocycles. The van der Waals surface area contributed by atoms with Crippen molar-refractivity contribution in [3.8, 4) is 0 Å². The molecule has 0 aromatic heterocycles. The van der Waals surface area contributed by atoms with Crippen molar-refractivity contribution in [2.75, 3.05) is 30.8 Å². The van der Waals surface area contributed by atoms with Gasteiger partial charge in [0.05, 0.1) is 11.3 Å². The lowest BCUT2D eigenvalue weighted by molar-refractivity contribution is 0.0698. The molecule has 1 aliphatic rings. The largest absolute Gasteiger partial charge is 0.478 e. The first-order valence-corrected chi connectivity index (χ1v) is 6.72. The van der Waals surface area contributed by atoms with E-state index in [0.29, 0.717) is 13.2 Å². The summed E-state index contributed by atoms with van der Waals surface area (Å²) < 4.78 is 19.1. The Hall–Kier alpha value is -1.82. The molecule has 110 valence electrons. The smallest absolute Gasteiger partial charge is 0.337 e. The van der Waals surface area contributed by atoms with Crippen molar-refractivity contribution < 1.29 is 19.0 Å². The highest BCUT2D eigenvalue weighted by molar-refractivity contribution is 5.94. The lowest BCUT2D eigenvalue weighted by Gasteiger charge is -2.10. The van der Waals surface area contributed by atoms with E-state index in [0.717, 1.165) is 25.0 Å². The fourth-order valence-corrected chi connectivity index (χ4v) is 1.84. The van der Waals surface area contributed by atoms with Gasteiger partial charge < -0.3 is 20.9 Å². The van der Waals surface area contributed by atoms with Crippen LogP contribution in [0.2, 0.25) is 0 Å². The summed E-state index contributed by atoms with van der Waals surface area (Å²) >= 11 is 0. The number of hydrogen-bond acceptors (Lipinski definition) is 4. The summed E-state index contributed by atoms with van der Waals surface area (Å²) in [5, 5.41) is 11.8. The first kappa shape index (κ1) is 14.6. The Labute approximate surface area is 116 Å². The highest BCUT2D eigenvalue weighted by Gasteiger charge is 2.20. The molecular weight excluding hydrogens is 263 g/mol. The van der Waals surface area contributed by atoms with Gasteiger partial charge in [-0.2, -0.15) is 0 Å². The van der Waals surface area contributed by atoms with Gasteiger partial charge in [-0.25, -0.2) is 9.18 Å². The second-order valence-corrected chi connectivity index (χ2v) is 5.02. The molecular formula is C14H19FN2O3. The number of carboxylic acid groups (broad SMARTS) is 1. The van der Waals surface area contributed by atoms with Crippen molar-refractivity contribution in [2.45, 2.75) is 19.3 Å². The first-order valence-electron chi connectivity index (χ1n) is 6.72. The normalized spacial score (nSPS) is 14.2. The maximum atomic E-state index is 13.6. The van der Waals surface area contributed by atoms with Crippen molar-refractivity contribution in [1.29, 1.82) is 0 Å². The van der Waals surface area contributed by atoms with Gasteiger partial charge in [0.25, 0.3) is 0 Å². The third-order valence-electron chi connectivity index (χ3n) is 3.20. The van der Waals surface area contributed by atoms with Crippen LogP contribution in [0.1, 0.15) is 29.6 Å². The number of nitrogens with two attached hydrogens (primary N) is 1. The minimum atomic E-state index is -1.17. The van der Waals surface area contributed by atoms with E-state index >= 15 is 0 Å². The van der Waals surface area contributed by atoms with Crippen molar-refractivity contribution in [1.82, 2.24) is 0 Å². The predicted octanol–water partition coefficient (Wildman–Crippen LogP) is 2.33. The van der Waals surface area contributed by atoms with Crippen molar-refractivity contribution in [2.24, 2.45) is 5.92 Å². The number of rotatable bonds is 8.